The number of amides is 1. The number of rotatable bonds is 8. The van der Waals surface area contributed by atoms with Crippen molar-refractivity contribution in [3.63, 3.8) is 0 Å². The van der Waals surface area contributed by atoms with Crippen LogP contribution in [0.3, 0.4) is 0 Å². The van der Waals surface area contributed by atoms with Crippen molar-refractivity contribution >= 4 is 35.8 Å². The van der Waals surface area contributed by atoms with Gasteiger partial charge < -0.3 is 20.3 Å². The SMILES string of the molecule is CCC(CC)C1CCN(C(=NC)NCC(=O)NCCOC)C1.I. The van der Waals surface area contributed by atoms with Crippen LogP contribution in [-0.4, -0.2) is 63.7 Å². The average Bonchev–Trinajstić information content (AvgIpc) is 2.99. The lowest BCUT2D eigenvalue weighted by Gasteiger charge is -2.24. The van der Waals surface area contributed by atoms with Crippen LogP contribution in [0.25, 0.3) is 0 Å². The molecule has 6 nitrogen and oxygen atoms in total. The molecule has 1 aliphatic rings. The molecule has 0 aliphatic carbocycles. The summed E-state index contributed by atoms with van der Waals surface area (Å²) in [5.74, 6) is 2.33. The standard InChI is InChI=1S/C16H32N4O2.HI/c1-5-13(6-2)14-7-9-20(12-14)16(17-3)19-11-15(21)18-8-10-22-4;/h13-14H,5-12H2,1-4H3,(H,17,19)(H,18,21);1H. The zero-order valence-corrected chi connectivity index (χ0v) is 17.3. The maximum Gasteiger partial charge on any atom is 0.239 e. The van der Waals surface area contributed by atoms with Gasteiger partial charge in [0.2, 0.25) is 5.91 Å². The van der Waals surface area contributed by atoms with Crippen LogP contribution in [-0.2, 0) is 9.53 Å². The van der Waals surface area contributed by atoms with E-state index >= 15 is 0 Å². The van der Waals surface area contributed by atoms with Crippen LogP contribution in [0.5, 0.6) is 0 Å². The Balaban J connectivity index is 0.00000484. The second-order valence-corrected chi connectivity index (χ2v) is 5.81. The predicted octanol–water partition coefficient (Wildman–Crippen LogP) is 1.70. The summed E-state index contributed by atoms with van der Waals surface area (Å²) in [6.45, 7) is 7.92. The van der Waals surface area contributed by atoms with Crippen LogP contribution in [0.2, 0.25) is 0 Å². The molecular formula is C16H33IN4O2. The minimum absolute atomic E-state index is 0. The molecule has 23 heavy (non-hydrogen) atoms. The third-order valence-electron chi connectivity index (χ3n) is 4.49. The van der Waals surface area contributed by atoms with E-state index in [2.05, 4.69) is 34.4 Å². The molecule has 1 saturated heterocycles. The van der Waals surface area contributed by atoms with E-state index in [1.54, 1.807) is 14.2 Å². The summed E-state index contributed by atoms with van der Waals surface area (Å²) in [4.78, 5) is 18.3. The summed E-state index contributed by atoms with van der Waals surface area (Å²) < 4.78 is 4.91. The highest BCUT2D eigenvalue weighted by Crippen LogP contribution is 2.28. The fourth-order valence-electron chi connectivity index (χ4n) is 3.17. The normalized spacial score (nSPS) is 18.0. The lowest BCUT2D eigenvalue weighted by molar-refractivity contribution is -0.120. The maximum absolute atomic E-state index is 11.7. The Morgan fingerprint density at radius 3 is 2.61 bits per heavy atom. The van der Waals surface area contributed by atoms with Gasteiger partial charge in [-0.3, -0.25) is 9.79 Å². The Morgan fingerprint density at radius 1 is 1.35 bits per heavy atom. The number of ether oxygens (including phenoxy) is 1. The average molecular weight is 440 g/mol. The first kappa shape index (κ1) is 22.4. The molecule has 0 aromatic carbocycles. The van der Waals surface area contributed by atoms with Gasteiger partial charge in [0, 0.05) is 33.8 Å². The number of aliphatic imine (C=N–C) groups is 1. The Bertz CT molecular complexity index is 362. The number of guanidine groups is 1. The van der Waals surface area contributed by atoms with Crippen LogP contribution in [0.4, 0.5) is 0 Å². The van der Waals surface area contributed by atoms with E-state index in [-0.39, 0.29) is 36.4 Å². The Labute approximate surface area is 157 Å². The molecule has 0 aromatic heterocycles. The zero-order valence-electron chi connectivity index (χ0n) is 14.9. The first-order valence-corrected chi connectivity index (χ1v) is 8.37. The third-order valence-corrected chi connectivity index (χ3v) is 4.49. The number of nitrogens with one attached hydrogen (secondary N) is 2. The van der Waals surface area contributed by atoms with Crippen LogP contribution >= 0.6 is 24.0 Å². The minimum atomic E-state index is -0.0334. The highest BCUT2D eigenvalue weighted by atomic mass is 127. The first-order chi connectivity index (χ1) is 10.7. The smallest absolute Gasteiger partial charge is 0.239 e. The van der Waals surface area contributed by atoms with Crippen molar-refractivity contribution < 1.29 is 9.53 Å². The van der Waals surface area contributed by atoms with Gasteiger partial charge >= 0.3 is 0 Å². The van der Waals surface area contributed by atoms with Crippen LogP contribution in [0.1, 0.15) is 33.1 Å². The van der Waals surface area contributed by atoms with E-state index < -0.39 is 0 Å². The van der Waals surface area contributed by atoms with Gasteiger partial charge in [-0.15, -0.1) is 24.0 Å². The van der Waals surface area contributed by atoms with Crippen molar-refractivity contribution in [1.29, 1.82) is 0 Å². The van der Waals surface area contributed by atoms with Crippen molar-refractivity contribution in [3.8, 4) is 0 Å². The fraction of sp³-hybridized carbons (Fsp3) is 0.875. The summed E-state index contributed by atoms with van der Waals surface area (Å²) in [6, 6.07) is 0. The number of likely N-dealkylation sites (tertiary alicyclic amines) is 1. The summed E-state index contributed by atoms with van der Waals surface area (Å²) in [7, 11) is 3.39. The lowest BCUT2D eigenvalue weighted by Crippen LogP contribution is -2.45. The minimum Gasteiger partial charge on any atom is -0.383 e. The van der Waals surface area contributed by atoms with E-state index in [4.69, 9.17) is 4.74 Å². The van der Waals surface area contributed by atoms with E-state index in [1.807, 2.05) is 0 Å². The highest BCUT2D eigenvalue weighted by molar-refractivity contribution is 14.0. The van der Waals surface area contributed by atoms with Gasteiger partial charge in [-0.25, -0.2) is 0 Å². The van der Waals surface area contributed by atoms with Gasteiger partial charge in [0.1, 0.15) is 0 Å². The number of hydrogen-bond donors (Lipinski definition) is 2. The summed E-state index contributed by atoms with van der Waals surface area (Å²) in [6.07, 6.45) is 3.69. The molecule has 7 heteroatoms. The third kappa shape index (κ3) is 7.69. The van der Waals surface area contributed by atoms with Crippen molar-refractivity contribution in [2.45, 2.75) is 33.1 Å². The molecule has 1 unspecified atom stereocenters. The molecule has 0 spiro atoms. The number of nitrogens with zero attached hydrogens (tertiary/aromatic N) is 2. The number of methoxy groups -OCH3 is 1. The quantitative estimate of drug-likeness (QED) is 0.261. The second kappa shape index (κ2) is 12.8. The number of carbonyl (C=O) groups excluding carboxylic acids is 1. The Kier molecular flexibility index (Phi) is 12.5. The molecular weight excluding hydrogens is 407 g/mol. The van der Waals surface area contributed by atoms with Crippen molar-refractivity contribution in [1.82, 2.24) is 15.5 Å². The lowest BCUT2D eigenvalue weighted by atomic mass is 9.87. The Hall–Kier alpha value is -0.570. The van der Waals surface area contributed by atoms with E-state index in [0.29, 0.717) is 13.2 Å². The van der Waals surface area contributed by atoms with E-state index in [0.717, 1.165) is 30.9 Å². The molecule has 1 rings (SSSR count). The van der Waals surface area contributed by atoms with Gasteiger partial charge in [0.25, 0.3) is 0 Å². The van der Waals surface area contributed by atoms with Crippen molar-refractivity contribution in [2.24, 2.45) is 16.8 Å². The molecule has 0 saturated carbocycles. The van der Waals surface area contributed by atoms with E-state index in [1.165, 1.54) is 19.3 Å². The number of halogens is 1. The monoisotopic (exact) mass is 440 g/mol. The molecule has 0 bridgehead atoms. The maximum atomic E-state index is 11.7. The number of carbonyl (C=O) groups is 1. The highest BCUT2D eigenvalue weighted by Gasteiger charge is 2.29. The molecule has 0 aromatic rings. The molecule has 0 radical (unpaired) electrons. The molecule has 1 amide bonds. The summed E-state index contributed by atoms with van der Waals surface area (Å²) >= 11 is 0. The zero-order chi connectivity index (χ0) is 16.4. The molecule has 1 aliphatic heterocycles. The van der Waals surface area contributed by atoms with Crippen LogP contribution < -0.4 is 10.6 Å². The largest absolute Gasteiger partial charge is 0.383 e. The van der Waals surface area contributed by atoms with E-state index in [9.17, 15) is 4.79 Å². The number of hydrogen-bond acceptors (Lipinski definition) is 3. The van der Waals surface area contributed by atoms with Gasteiger partial charge in [0.05, 0.1) is 13.2 Å². The Morgan fingerprint density at radius 2 is 2.04 bits per heavy atom. The van der Waals surface area contributed by atoms with Gasteiger partial charge in [-0.1, -0.05) is 26.7 Å². The topological polar surface area (TPSA) is 66.0 Å². The van der Waals surface area contributed by atoms with Crippen molar-refractivity contribution in [2.75, 3.05) is 46.9 Å². The predicted molar refractivity (Wildman–Crippen MR) is 105 cm³/mol. The van der Waals surface area contributed by atoms with Crippen molar-refractivity contribution in [3.05, 3.63) is 0 Å². The van der Waals surface area contributed by atoms with Gasteiger partial charge in [0.15, 0.2) is 5.96 Å². The molecule has 2 N–H and O–H groups in total. The second-order valence-electron chi connectivity index (χ2n) is 5.81. The van der Waals surface area contributed by atoms with Crippen LogP contribution in [0.15, 0.2) is 4.99 Å². The van der Waals surface area contributed by atoms with Gasteiger partial charge in [-0.2, -0.15) is 0 Å². The van der Waals surface area contributed by atoms with Crippen LogP contribution in [0, 0.1) is 11.8 Å². The summed E-state index contributed by atoms with van der Waals surface area (Å²) in [5.41, 5.74) is 0. The molecule has 1 fully saturated rings. The molecule has 136 valence electrons. The van der Waals surface area contributed by atoms with Gasteiger partial charge in [-0.05, 0) is 18.3 Å². The molecule has 1 heterocycles. The molecule has 1 atom stereocenters. The fourth-order valence-corrected chi connectivity index (χ4v) is 3.17. The first-order valence-electron chi connectivity index (χ1n) is 8.37. The summed E-state index contributed by atoms with van der Waals surface area (Å²) in [5, 5.41) is 5.96.